The summed E-state index contributed by atoms with van der Waals surface area (Å²) in [6.07, 6.45) is 1.57. The molecule has 1 heteroatoms. The summed E-state index contributed by atoms with van der Waals surface area (Å²) in [5.41, 5.74) is 3.98. The molecule has 0 aliphatic rings. The molecule has 1 atom stereocenters. The van der Waals surface area contributed by atoms with Gasteiger partial charge in [-0.2, -0.15) is 0 Å². The second kappa shape index (κ2) is 5.01. The van der Waals surface area contributed by atoms with Crippen LogP contribution < -0.4 is 0 Å². The molecule has 1 nitrogen and oxygen atoms in total. The minimum Gasteiger partial charge on any atom is -0.393 e. The van der Waals surface area contributed by atoms with Crippen molar-refractivity contribution in [3.63, 3.8) is 0 Å². The number of hydrogen-bond acceptors (Lipinski definition) is 1. The summed E-state index contributed by atoms with van der Waals surface area (Å²) in [6, 6.07) is 6.55. The molecule has 0 bridgehead atoms. The van der Waals surface area contributed by atoms with Crippen molar-refractivity contribution >= 4 is 0 Å². The Bertz CT molecular complexity index is 347. The van der Waals surface area contributed by atoms with E-state index in [0.29, 0.717) is 0 Å². The molecule has 0 aliphatic carbocycles. The minimum atomic E-state index is -0.228. The van der Waals surface area contributed by atoms with Crippen LogP contribution in [0.5, 0.6) is 0 Å². The zero-order valence-corrected chi connectivity index (χ0v) is 11.2. The van der Waals surface area contributed by atoms with Crippen LogP contribution in [0.15, 0.2) is 18.2 Å². The van der Waals surface area contributed by atoms with E-state index in [2.05, 4.69) is 52.8 Å². The zero-order valence-electron chi connectivity index (χ0n) is 11.2. The van der Waals surface area contributed by atoms with Crippen molar-refractivity contribution < 1.29 is 5.11 Å². The summed E-state index contributed by atoms with van der Waals surface area (Å²) in [4.78, 5) is 0. The molecule has 0 saturated heterocycles. The number of aliphatic hydroxyl groups is 1. The summed E-state index contributed by atoms with van der Waals surface area (Å²) >= 11 is 0. The monoisotopic (exact) mass is 220 g/mol. The normalized spacial score (nSPS) is 13.9. The Morgan fingerprint density at radius 3 is 2.25 bits per heavy atom. The van der Waals surface area contributed by atoms with Gasteiger partial charge in [-0.25, -0.2) is 0 Å². The van der Waals surface area contributed by atoms with Crippen molar-refractivity contribution in [2.24, 2.45) is 5.41 Å². The van der Waals surface area contributed by atoms with Gasteiger partial charge < -0.3 is 5.11 Å². The average molecular weight is 220 g/mol. The molecule has 1 aromatic carbocycles. The summed E-state index contributed by atoms with van der Waals surface area (Å²) < 4.78 is 0. The highest BCUT2D eigenvalue weighted by Gasteiger charge is 2.21. The van der Waals surface area contributed by atoms with Crippen LogP contribution in [0.3, 0.4) is 0 Å². The third kappa shape index (κ3) is 3.64. The zero-order chi connectivity index (χ0) is 12.3. The van der Waals surface area contributed by atoms with Gasteiger partial charge in [-0.15, -0.1) is 0 Å². The van der Waals surface area contributed by atoms with E-state index in [-0.39, 0.29) is 11.5 Å². The van der Waals surface area contributed by atoms with Gasteiger partial charge in [-0.05, 0) is 48.8 Å². The van der Waals surface area contributed by atoms with Crippen molar-refractivity contribution in [1.29, 1.82) is 0 Å². The number of benzene rings is 1. The first-order valence-corrected chi connectivity index (χ1v) is 6.05. The second-order valence-corrected chi connectivity index (χ2v) is 5.84. The fraction of sp³-hybridized carbons (Fsp3) is 0.600. The predicted molar refractivity (Wildman–Crippen MR) is 69.7 cm³/mol. The molecular weight excluding hydrogens is 196 g/mol. The van der Waals surface area contributed by atoms with Crippen LogP contribution in [0, 0.1) is 19.3 Å². The van der Waals surface area contributed by atoms with Gasteiger partial charge in [0.05, 0.1) is 6.10 Å². The first-order valence-electron chi connectivity index (χ1n) is 6.05. The lowest BCUT2D eigenvalue weighted by atomic mass is 9.85. The van der Waals surface area contributed by atoms with Crippen molar-refractivity contribution in [1.82, 2.24) is 0 Å². The van der Waals surface area contributed by atoms with E-state index in [1.807, 2.05) is 0 Å². The van der Waals surface area contributed by atoms with Crippen molar-refractivity contribution in [2.45, 2.75) is 53.6 Å². The summed E-state index contributed by atoms with van der Waals surface area (Å²) in [5.74, 6) is 0. The summed E-state index contributed by atoms with van der Waals surface area (Å²) in [7, 11) is 0. The standard InChI is InChI=1S/C15H24O/c1-11-6-7-13(10-12(11)2)8-9-14(16)15(3,4)5/h6-7,10,14,16H,8-9H2,1-5H3. The van der Waals surface area contributed by atoms with Gasteiger partial charge in [0, 0.05) is 0 Å². The molecule has 1 aromatic rings. The molecule has 0 amide bonds. The van der Waals surface area contributed by atoms with Crippen molar-refractivity contribution in [2.75, 3.05) is 0 Å². The molecule has 0 aromatic heterocycles. The Labute approximate surface area is 99.5 Å². The maximum atomic E-state index is 9.97. The molecule has 0 fully saturated rings. The van der Waals surface area contributed by atoms with Gasteiger partial charge in [0.2, 0.25) is 0 Å². The van der Waals surface area contributed by atoms with E-state index in [0.717, 1.165) is 12.8 Å². The van der Waals surface area contributed by atoms with Crippen LogP contribution in [-0.2, 0) is 6.42 Å². The van der Waals surface area contributed by atoms with Crippen LogP contribution in [0.2, 0.25) is 0 Å². The van der Waals surface area contributed by atoms with Gasteiger partial charge in [0.1, 0.15) is 0 Å². The quantitative estimate of drug-likeness (QED) is 0.824. The fourth-order valence-electron chi connectivity index (χ4n) is 1.70. The van der Waals surface area contributed by atoms with Gasteiger partial charge in [0.15, 0.2) is 0 Å². The first-order chi connectivity index (χ1) is 7.30. The number of aliphatic hydroxyl groups excluding tert-OH is 1. The summed E-state index contributed by atoms with van der Waals surface area (Å²) in [5, 5.41) is 9.97. The Hall–Kier alpha value is -0.820. The lowest BCUT2D eigenvalue weighted by molar-refractivity contribution is 0.0560. The maximum Gasteiger partial charge on any atom is 0.0591 e. The maximum absolute atomic E-state index is 9.97. The highest BCUT2D eigenvalue weighted by molar-refractivity contribution is 5.29. The number of hydrogen-bond donors (Lipinski definition) is 1. The smallest absolute Gasteiger partial charge is 0.0591 e. The molecule has 0 saturated carbocycles. The van der Waals surface area contributed by atoms with E-state index in [4.69, 9.17) is 0 Å². The Balaban J connectivity index is 2.58. The molecular formula is C15H24O. The Kier molecular flexibility index (Phi) is 4.15. The largest absolute Gasteiger partial charge is 0.393 e. The Morgan fingerprint density at radius 1 is 1.12 bits per heavy atom. The Morgan fingerprint density at radius 2 is 1.75 bits per heavy atom. The van der Waals surface area contributed by atoms with Crippen LogP contribution in [0.25, 0.3) is 0 Å². The van der Waals surface area contributed by atoms with Crippen LogP contribution in [0.4, 0.5) is 0 Å². The first kappa shape index (κ1) is 13.2. The van der Waals surface area contributed by atoms with Gasteiger partial charge in [-0.3, -0.25) is 0 Å². The fourth-order valence-corrected chi connectivity index (χ4v) is 1.70. The predicted octanol–water partition coefficient (Wildman–Crippen LogP) is 3.64. The molecule has 0 heterocycles. The molecule has 0 aliphatic heterocycles. The van der Waals surface area contributed by atoms with E-state index in [1.54, 1.807) is 0 Å². The molecule has 1 unspecified atom stereocenters. The number of rotatable bonds is 3. The lowest BCUT2D eigenvalue weighted by Gasteiger charge is -2.25. The molecule has 0 spiro atoms. The molecule has 16 heavy (non-hydrogen) atoms. The van der Waals surface area contributed by atoms with Crippen molar-refractivity contribution in [3.8, 4) is 0 Å². The van der Waals surface area contributed by atoms with E-state index >= 15 is 0 Å². The van der Waals surface area contributed by atoms with Gasteiger partial charge in [0.25, 0.3) is 0 Å². The minimum absolute atomic E-state index is 0.0141. The van der Waals surface area contributed by atoms with E-state index in [9.17, 15) is 5.11 Å². The van der Waals surface area contributed by atoms with Gasteiger partial charge in [-0.1, -0.05) is 39.0 Å². The molecule has 1 N–H and O–H groups in total. The molecule has 0 radical (unpaired) electrons. The second-order valence-electron chi connectivity index (χ2n) is 5.84. The highest BCUT2D eigenvalue weighted by Crippen LogP contribution is 2.23. The van der Waals surface area contributed by atoms with Crippen LogP contribution in [-0.4, -0.2) is 11.2 Å². The molecule has 90 valence electrons. The van der Waals surface area contributed by atoms with E-state index in [1.165, 1.54) is 16.7 Å². The van der Waals surface area contributed by atoms with Crippen LogP contribution in [0.1, 0.15) is 43.9 Å². The third-order valence-corrected chi connectivity index (χ3v) is 3.28. The highest BCUT2D eigenvalue weighted by atomic mass is 16.3. The third-order valence-electron chi connectivity index (χ3n) is 3.28. The summed E-state index contributed by atoms with van der Waals surface area (Å²) in [6.45, 7) is 10.5. The van der Waals surface area contributed by atoms with Crippen LogP contribution >= 0.6 is 0 Å². The van der Waals surface area contributed by atoms with E-state index < -0.39 is 0 Å². The van der Waals surface area contributed by atoms with Gasteiger partial charge >= 0.3 is 0 Å². The number of aryl methyl sites for hydroxylation is 3. The topological polar surface area (TPSA) is 20.2 Å². The molecule has 1 rings (SSSR count). The van der Waals surface area contributed by atoms with Crippen molar-refractivity contribution in [3.05, 3.63) is 34.9 Å². The average Bonchev–Trinajstić information content (AvgIpc) is 2.18. The SMILES string of the molecule is Cc1ccc(CCC(O)C(C)(C)C)cc1C. The lowest BCUT2D eigenvalue weighted by Crippen LogP contribution is -2.26.